The molecule has 1 aromatic heterocycles. The molecule has 2 aliphatic rings. The smallest absolute Gasteiger partial charge is 0.301 e. The Morgan fingerprint density at radius 1 is 1.17 bits per heavy atom. The number of amides is 1. The van der Waals surface area contributed by atoms with Crippen molar-refractivity contribution in [2.75, 3.05) is 4.90 Å². The Morgan fingerprint density at radius 3 is 2.81 bits per heavy atom. The normalized spacial score (nSPS) is 20.7. The third-order valence-electron chi connectivity index (χ3n) is 6.32. The van der Waals surface area contributed by atoms with Crippen LogP contribution in [-0.4, -0.2) is 27.9 Å². The standard InChI is InChI=1S/C27H18ClFN2O4S/c1-13-9-16-10-15(5-8-20(16)35-13)24(32)22-23(14-3-2-4-17(28)11-14)31(26(34)25(22)33)27-30-19-7-6-18(29)12-21(19)36-27/h2-8,10-13,23,32H,9H2,1H3/t13-,23+/m0/s1. The van der Waals surface area contributed by atoms with Gasteiger partial charge in [0, 0.05) is 17.0 Å². The Hall–Kier alpha value is -3.75. The molecule has 0 bridgehead atoms. The molecule has 1 N–H and O–H groups in total. The molecule has 1 saturated heterocycles. The summed E-state index contributed by atoms with van der Waals surface area (Å²) in [5.41, 5.74) is 2.28. The number of aliphatic hydroxyl groups excluding tert-OH is 1. The average molecular weight is 521 g/mol. The lowest BCUT2D eigenvalue weighted by atomic mass is 9.94. The fourth-order valence-electron chi connectivity index (χ4n) is 4.74. The van der Waals surface area contributed by atoms with Crippen molar-refractivity contribution in [1.82, 2.24) is 4.98 Å². The molecule has 0 radical (unpaired) electrons. The molecule has 2 atom stereocenters. The van der Waals surface area contributed by atoms with Gasteiger partial charge in [-0.15, -0.1) is 0 Å². The van der Waals surface area contributed by atoms with E-state index in [1.165, 1.54) is 23.1 Å². The van der Waals surface area contributed by atoms with E-state index >= 15 is 0 Å². The van der Waals surface area contributed by atoms with Crippen LogP contribution >= 0.6 is 22.9 Å². The van der Waals surface area contributed by atoms with E-state index in [-0.39, 0.29) is 22.6 Å². The van der Waals surface area contributed by atoms with Crippen LogP contribution in [-0.2, 0) is 16.0 Å². The SMILES string of the molecule is C[C@H]1Cc2cc(C(O)=C3C(=O)C(=O)N(c4nc5ccc(F)cc5s4)[C@@H]3c3cccc(Cl)c3)ccc2O1. The van der Waals surface area contributed by atoms with Crippen LogP contribution in [0.5, 0.6) is 5.75 Å². The van der Waals surface area contributed by atoms with Crippen molar-refractivity contribution >= 4 is 55.7 Å². The van der Waals surface area contributed by atoms with Crippen molar-refractivity contribution in [3.8, 4) is 5.75 Å². The number of halogens is 2. The number of anilines is 1. The first kappa shape index (κ1) is 22.7. The number of hydrogen-bond acceptors (Lipinski definition) is 6. The molecule has 3 aromatic carbocycles. The maximum Gasteiger partial charge on any atom is 0.301 e. The van der Waals surface area contributed by atoms with Gasteiger partial charge in [0.25, 0.3) is 5.78 Å². The number of ketones is 1. The zero-order valence-corrected chi connectivity index (χ0v) is 20.4. The van der Waals surface area contributed by atoms with Gasteiger partial charge in [0.15, 0.2) is 5.13 Å². The van der Waals surface area contributed by atoms with Gasteiger partial charge in [-0.05, 0) is 66.6 Å². The van der Waals surface area contributed by atoms with Crippen molar-refractivity contribution in [3.05, 3.63) is 93.8 Å². The van der Waals surface area contributed by atoms with Gasteiger partial charge in [-0.25, -0.2) is 9.37 Å². The lowest BCUT2D eigenvalue weighted by Crippen LogP contribution is -2.29. The number of nitrogens with zero attached hydrogens (tertiary/aromatic N) is 2. The van der Waals surface area contributed by atoms with Crippen molar-refractivity contribution in [2.24, 2.45) is 0 Å². The summed E-state index contributed by atoms with van der Waals surface area (Å²) in [5, 5.41) is 12.0. The molecular weight excluding hydrogens is 503 g/mol. The second-order valence-electron chi connectivity index (χ2n) is 8.79. The van der Waals surface area contributed by atoms with Crippen LogP contribution in [0.1, 0.15) is 29.7 Å². The molecule has 0 aliphatic carbocycles. The molecule has 180 valence electrons. The van der Waals surface area contributed by atoms with E-state index in [2.05, 4.69) is 4.98 Å². The van der Waals surface area contributed by atoms with Crippen LogP contribution in [0.3, 0.4) is 0 Å². The molecule has 0 unspecified atom stereocenters. The molecule has 2 aliphatic heterocycles. The highest BCUT2D eigenvalue weighted by atomic mass is 35.5. The summed E-state index contributed by atoms with van der Waals surface area (Å²) in [4.78, 5) is 32.5. The second-order valence-corrected chi connectivity index (χ2v) is 10.2. The van der Waals surface area contributed by atoms with Crippen molar-refractivity contribution in [3.63, 3.8) is 0 Å². The molecule has 0 spiro atoms. The summed E-state index contributed by atoms with van der Waals surface area (Å²) >= 11 is 7.35. The second kappa shape index (κ2) is 8.43. The number of aliphatic hydroxyl groups is 1. The van der Waals surface area contributed by atoms with Crippen LogP contribution in [0, 0.1) is 5.82 Å². The molecule has 6 nitrogen and oxygen atoms in total. The van der Waals surface area contributed by atoms with Gasteiger partial charge in [0.1, 0.15) is 23.4 Å². The number of carbonyl (C=O) groups is 2. The predicted molar refractivity (Wildman–Crippen MR) is 136 cm³/mol. The van der Waals surface area contributed by atoms with Gasteiger partial charge < -0.3 is 9.84 Å². The summed E-state index contributed by atoms with van der Waals surface area (Å²) in [7, 11) is 0. The molecule has 9 heteroatoms. The average Bonchev–Trinajstić information content (AvgIpc) is 3.50. The Bertz CT molecular complexity index is 1610. The van der Waals surface area contributed by atoms with Gasteiger partial charge in [-0.3, -0.25) is 14.5 Å². The van der Waals surface area contributed by atoms with E-state index in [0.717, 1.165) is 22.6 Å². The van der Waals surface area contributed by atoms with Gasteiger partial charge in [-0.2, -0.15) is 0 Å². The Balaban J connectivity index is 1.54. The number of ether oxygens (including phenoxy) is 1. The summed E-state index contributed by atoms with van der Waals surface area (Å²) in [5.74, 6) is -1.67. The summed E-state index contributed by atoms with van der Waals surface area (Å²) < 4.78 is 20.1. The Kier molecular flexibility index (Phi) is 5.31. The van der Waals surface area contributed by atoms with Crippen LogP contribution in [0.15, 0.2) is 66.2 Å². The first-order valence-corrected chi connectivity index (χ1v) is 12.4. The lowest BCUT2D eigenvalue weighted by Gasteiger charge is -2.23. The highest BCUT2D eigenvalue weighted by molar-refractivity contribution is 7.22. The minimum Gasteiger partial charge on any atom is -0.507 e. The predicted octanol–water partition coefficient (Wildman–Crippen LogP) is 6.04. The third-order valence-corrected chi connectivity index (χ3v) is 7.58. The zero-order chi connectivity index (χ0) is 25.1. The van der Waals surface area contributed by atoms with E-state index < -0.39 is 23.5 Å². The minimum absolute atomic E-state index is 0.0123. The summed E-state index contributed by atoms with van der Waals surface area (Å²) in [6.07, 6.45) is 0.684. The van der Waals surface area contributed by atoms with Gasteiger partial charge in [0.05, 0.1) is 21.8 Å². The maximum absolute atomic E-state index is 13.8. The van der Waals surface area contributed by atoms with Crippen LogP contribution in [0.4, 0.5) is 9.52 Å². The number of benzene rings is 3. The number of rotatable bonds is 3. The topological polar surface area (TPSA) is 79.7 Å². The molecule has 1 amide bonds. The zero-order valence-electron chi connectivity index (χ0n) is 18.9. The van der Waals surface area contributed by atoms with Gasteiger partial charge in [-0.1, -0.05) is 35.1 Å². The lowest BCUT2D eigenvalue weighted by molar-refractivity contribution is -0.132. The largest absolute Gasteiger partial charge is 0.507 e. The van der Waals surface area contributed by atoms with Crippen molar-refractivity contribution in [2.45, 2.75) is 25.5 Å². The van der Waals surface area contributed by atoms with E-state index in [0.29, 0.717) is 32.8 Å². The highest BCUT2D eigenvalue weighted by Crippen LogP contribution is 2.45. The molecule has 4 aromatic rings. The summed E-state index contributed by atoms with van der Waals surface area (Å²) in [6.45, 7) is 1.95. The Morgan fingerprint density at radius 2 is 2.00 bits per heavy atom. The summed E-state index contributed by atoms with van der Waals surface area (Å²) in [6, 6.07) is 15.1. The van der Waals surface area contributed by atoms with Crippen LogP contribution < -0.4 is 9.64 Å². The quantitative estimate of drug-likeness (QED) is 0.202. The fraction of sp³-hybridized carbons (Fsp3) is 0.148. The molecule has 36 heavy (non-hydrogen) atoms. The van der Waals surface area contributed by atoms with Gasteiger partial charge >= 0.3 is 5.91 Å². The minimum atomic E-state index is -0.975. The number of Topliss-reactive ketones (excluding diaryl/α,β-unsaturated/α-hetero) is 1. The van der Waals surface area contributed by atoms with Crippen LogP contribution in [0.25, 0.3) is 16.0 Å². The van der Waals surface area contributed by atoms with Gasteiger partial charge in [0.2, 0.25) is 0 Å². The van der Waals surface area contributed by atoms with E-state index in [9.17, 15) is 19.1 Å². The van der Waals surface area contributed by atoms with Crippen LogP contribution in [0.2, 0.25) is 5.02 Å². The molecule has 1 fully saturated rings. The number of hydrogen-bond donors (Lipinski definition) is 1. The first-order valence-electron chi connectivity index (χ1n) is 11.2. The van der Waals surface area contributed by atoms with Crippen molar-refractivity contribution < 1.29 is 23.8 Å². The highest BCUT2D eigenvalue weighted by Gasteiger charge is 2.48. The van der Waals surface area contributed by atoms with E-state index in [4.69, 9.17) is 16.3 Å². The fourth-order valence-corrected chi connectivity index (χ4v) is 5.95. The Labute approximate surface area is 214 Å². The number of thiazole rings is 1. The molecular formula is C27H18ClFN2O4S. The number of fused-ring (bicyclic) bond motifs is 2. The third kappa shape index (κ3) is 3.65. The van der Waals surface area contributed by atoms with E-state index in [1.54, 1.807) is 42.5 Å². The monoisotopic (exact) mass is 520 g/mol. The number of aromatic nitrogens is 1. The number of carbonyl (C=O) groups excluding carboxylic acids is 2. The van der Waals surface area contributed by atoms with Crippen molar-refractivity contribution in [1.29, 1.82) is 0 Å². The molecule has 6 rings (SSSR count). The first-order chi connectivity index (χ1) is 17.3. The molecule has 3 heterocycles. The maximum atomic E-state index is 13.8. The van der Waals surface area contributed by atoms with E-state index in [1.807, 2.05) is 6.92 Å². The molecule has 0 saturated carbocycles.